The largest absolute Gasteiger partial charge is 0.411 e. The van der Waals surface area contributed by atoms with Crippen molar-refractivity contribution >= 4 is 6.03 Å². The van der Waals surface area contributed by atoms with Crippen molar-refractivity contribution in [1.82, 2.24) is 36.0 Å². The molecule has 4 saturated heterocycles. The summed E-state index contributed by atoms with van der Waals surface area (Å²) in [6, 6.07) is 0.00546. The predicted octanol–water partition coefficient (Wildman–Crippen LogP) is -0.575. The lowest BCUT2D eigenvalue weighted by Gasteiger charge is -2.46. The number of ether oxygens (including phenoxy) is 3. The van der Waals surface area contributed by atoms with E-state index in [1.165, 1.54) is 0 Å². The second kappa shape index (κ2) is 11.6. The highest BCUT2D eigenvalue weighted by Crippen LogP contribution is 2.19. The molecule has 0 saturated carbocycles. The van der Waals surface area contributed by atoms with Crippen LogP contribution in [0.1, 0.15) is 19.8 Å². The maximum Gasteiger partial charge on any atom is 0.411 e. The van der Waals surface area contributed by atoms with Crippen LogP contribution >= 0.6 is 0 Å². The summed E-state index contributed by atoms with van der Waals surface area (Å²) in [4.78, 5) is 18.4. The van der Waals surface area contributed by atoms with Crippen molar-refractivity contribution in [2.45, 2.75) is 57.1 Å². The average Bonchev–Trinajstić information content (AvgIpc) is 3.26. The maximum atomic E-state index is 12.7. The number of nitrogens with one attached hydrogen (secondary N) is 4. The molecule has 0 aliphatic carbocycles. The second-order valence-corrected chi connectivity index (χ2v) is 9.10. The number of amides is 2. The molecule has 34 heavy (non-hydrogen) atoms. The predicted molar refractivity (Wildman–Crippen MR) is 115 cm³/mol. The van der Waals surface area contributed by atoms with Gasteiger partial charge in [0.2, 0.25) is 0 Å². The van der Waals surface area contributed by atoms with E-state index >= 15 is 0 Å². The third-order valence-electron chi connectivity index (χ3n) is 6.47. The van der Waals surface area contributed by atoms with Crippen LogP contribution in [0.2, 0.25) is 0 Å². The quantitative estimate of drug-likeness (QED) is 0.386. The van der Waals surface area contributed by atoms with Gasteiger partial charge in [0.05, 0.1) is 25.4 Å². The van der Waals surface area contributed by atoms with E-state index in [-0.39, 0.29) is 18.2 Å². The van der Waals surface area contributed by atoms with Crippen LogP contribution in [0.4, 0.5) is 18.0 Å². The Hall–Kier alpha value is -1.26. The molecule has 5 unspecified atom stereocenters. The van der Waals surface area contributed by atoms with Crippen LogP contribution in [-0.4, -0.2) is 124 Å². The number of urea groups is 1. The zero-order valence-electron chi connectivity index (χ0n) is 19.5. The van der Waals surface area contributed by atoms with Gasteiger partial charge >= 0.3 is 12.2 Å². The Kier molecular flexibility index (Phi) is 8.85. The topological polar surface area (TPSA) is 103 Å². The fourth-order valence-corrected chi connectivity index (χ4v) is 4.61. The van der Waals surface area contributed by atoms with Gasteiger partial charge in [-0.25, -0.2) is 4.79 Å². The maximum absolute atomic E-state index is 12.7. The third kappa shape index (κ3) is 7.37. The number of morpholine rings is 1. The van der Waals surface area contributed by atoms with Crippen LogP contribution in [0.25, 0.3) is 0 Å². The number of piperazine rings is 1. The van der Waals surface area contributed by atoms with Crippen molar-refractivity contribution in [3.63, 3.8) is 0 Å². The molecule has 5 atom stereocenters. The standard InChI is InChI=1S/C20H36F3N7O4/c1-14-2-3-15(34-14)12-24-16-25-17(27-18(26-16)33-13-20(21,22)23)28-4-6-29(7-5-28)19(31)30-8-10-32-11-9-30/h14-18,24-27H,2-13H2,1H3. The Morgan fingerprint density at radius 1 is 1.03 bits per heavy atom. The molecular formula is C20H36F3N7O4. The van der Waals surface area contributed by atoms with E-state index in [4.69, 9.17) is 14.2 Å². The Morgan fingerprint density at radius 2 is 1.74 bits per heavy atom. The smallest absolute Gasteiger partial charge is 0.378 e. The molecule has 4 heterocycles. The van der Waals surface area contributed by atoms with E-state index in [2.05, 4.69) is 26.2 Å². The van der Waals surface area contributed by atoms with Gasteiger partial charge in [0.25, 0.3) is 0 Å². The first-order valence-electron chi connectivity index (χ1n) is 12.0. The second-order valence-electron chi connectivity index (χ2n) is 9.10. The summed E-state index contributed by atoms with van der Waals surface area (Å²) in [7, 11) is 0. The zero-order valence-corrected chi connectivity index (χ0v) is 19.5. The number of carbonyl (C=O) groups excluding carboxylic acids is 1. The number of halogens is 3. The number of nitrogens with zero attached hydrogens (tertiary/aromatic N) is 3. The van der Waals surface area contributed by atoms with Crippen molar-refractivity contribution < 1.29 is 32.2 Å². The molecule has 0 aromatic rings. The number of alkyl halides is 3. The van der Waals surface area contributed by atoms with Crippen molar-refractivity contribution in [1.29, 1.82) is 0 Å². The first-order chi connectivity index (χ1) is 16.3. The van der Waals surface area contributed by atoms with Crippen LogP contribution < -0.4 is 21.3 Å². The molecule has 4 fully saturated rings. The molecule has 0 spiro atoms. The van der Waals surface area contributed by atoms with Crippen LogP contribution in [0.5, 0.6) is 0 Å². The van der Waals surface area contributed by atoms with Crippen molar-refractivity contribution in [3.8, 4) is 0 Å². The average molecular weight is 496 g/mol. The highest BCUT2D eigenvalue weighted by Gasteiger charge is 2.37. The minimum atomic E-state index is -4.42. The van der Waals surface area contributed by atoms with Crippen LogP contribution in [0.3, 0.4) is 0 Å². The van der Waals surface area contributed by atoms with Crippen molar-refractivity contribution in [3.05, 3.63) is 0 Å². The normalized spacial score (nSPS) is 33.9. The number of hydrogen-bond acceptors (Lipinski definition) is 9. The van der Waals surface area contributed by atoms with Gasteiger partial charge in [0, 0.05) is 45.8 Å². The van der Waals surface area contributed by atoms with Crippen LogP contribution in [0.15, 0.2) is 0 Å². The van der Waals surface area contributed by atoms with E-state index in [0.29, 0.717) is 59.0 Å². The zero-order chi connectivity index (χ0) is 24.1. The summed E-state index contributed by atoms with van der Waals surface area (Å²) in [5.74, 6) is 0. The Balaban J connectivity index is 1.30. The summed E-state index contributed by atoms with van der Waals surface area (Å²) < 4.78 is 54.4. The van der Waals surface area contributed by atoms with E-state index in [1.54, 1.807) is 4.90 Å². The third-order valence-corrected chi connectivity index (χ3v) is 6.47. The summed E-state index contributed by atoms with van der Waals surface area (Å²) in [6.07, 6.45) is -4.11. The van der Waals surface area contributed by atoms with Gasteiger partial charge in [0.15, 0.2) is 6.35 Å². The van der Waals surface area contributed by atoms with E-state index in [9.17, 15) is 18.0 Å². The molecule has 11 nitrogen and oxygen atoms in total. The molecule has 14 heteroatoms. The minimum Gasteiger partial charge on any atom is -0.378 e. The van der Waals surface area contributed by atoms with Crippen LogP contribution in [-0.2, 0) is 14.2 Å². The van der Waals surface area contributed by atoms with Gasteiger partial charge in [-0.2, -0.15) is 13.2 Å². The molecule has 0 radical (unpaired) electrons. The van der Waals surface area contributed by atoms with Gasteiger partial charge in [-0.3, -0.25) is 26.2 Å². The summed E-state index contributed by atoms with van der Waals surface area (Å²) in [5, 5.41) is 12.7. The number of rotatable bonds is 6. The molecular weight excluding hydrogens is 459 g/mol. The fourth-order valence-electron chi connectivity index (χ4n) is 4.61. The first-order valence-corrected chi connectivity index (χ1v) is 12.0. The lowest BCUT2D eigenvalue weighted by atomic mass is 10.2. The Labute approximate surface area is 197 Å². The highest BCUT2D eigenvalue weighted by atomic mass is 19.4. The van der Waals surface area contributed by atoms with Gasteiger partial charge < -0.3 is 24.0 Å². The van der Waals surface area contributed by atoms with Gasteiger partial charge in [0.1, 0.15) is 19.2 Å². The molecule has 0 aromatic carbocycles. The summed E-state index contributed by atoms with van der Waals surface area (Å²) >= 11 is 0. The van der Waals surface area contributed by atoms with E-state index in [0.717, 1.165) is 12.8 Å². The highest BCUT2D eigenvalue weighted by molar-refractivity contribution is 5.74. The Bertz CT molecular complexity index is 663. The van der Waals surface area contributed by atoms with Gasteiger partial charge in [-0.05, 0) is 19.8 Å². The number of carbonyl (C=O) groups is 1. The summed E-state index contributed by atoms with van der Waals surface area (Å²) in [5.41, 5.74) is 0. The lowest BCUT2D eigenvalue weighted by Crippen LogP contribution is -2.76. The fraction of sp³-hybridized carbons (Fsp3) is 0.950. The van der Waals surface area contributed by atoms with Crippen LogP contribution in [0, 0.1) is 0 Å². The van der Waals surface area contributed by atoms with Gasteiger partial charge in [-0.15, -0.1) is 0 Å². The van der Waals surface area contributed by atoms with E-state index in [1.807, 2.05) is 11.8 Å². The van der Waals surface area contributed by atoms with Crippen molar-refractivity contribution in [2.24, 2.45) is 0 Å². The first kappa shape index (κ1) is 25.8. The molecule has 4 N–H and O–H groups in total. The molecule has 4 aliphatic heterocycles. The Morgan fingerprint density at radius 3 is 2.38 bits per heavy atom. The molecule has 4 rings (SSSR count). The lowest BCUT2D eigenvalue weighted by molar-refractivity contribution is -0.202. The minimum absolute atomic E-state index is 0.00546. The molecule has 196 valence electrons. The van der Waals surface area contributed by atoms with E-state index < -0.39 is 31.7 Å². The summed E-state index contributed by atoms with van der Waals surface area (Å²) in [6.45, 7) is 5.72. The molecule has 0 aromatic heterocycles. The number of hydrogen-bond donors (Lipinski definition) is 4. The van der Waals surface area contributed by atoms with Crippen molar-refractivity contribution in [2.75, 3.05) is 65.6 Å². The molecule has 0 bridgehead atoms. The molecule has 2 amide bonds. The SMILES string of the molecule is CC1CCC(CNC2NC(OCC(F)(F)F)NC(N3CCN(C(=O)N4CCOCC4)CC3)N2)O1. The van der Waals surface area contributed by atoms with Gasteiger partial charge in [-0.1, -0.05) is 0 Å². The monoisotopic (exact) mass is 495 g/mol. The molecule has 4 aliphatic rings.